The molecule has 1 aromatic carbocycles. The Kier molecular flexibility index (Phi) is 4.11. The van der Waals surface area contributed by atoms with E-state index in [1.54, 1.807) is 0 Å². The van der Waals surface area contributed by atoms with Gasteiger partial charge in [0.1, 0.15) is 11.3 Å². The van der Waals surface area contributed by atoms with Gasteiger partial charge in [-0.1, -0.05) is 18.2 Å². The van der Waals surface area contributed by atoms with Crippen LogP contribution in [0.1, 0.15) is 31.1 Å². The van der Waals surface area contributed by atoms with Crippen LogP contribution in [0, 0.1) is 5.92 Å². The van der Waals surface area contributed by atoms with E-state index in [4.69, 9.17) is 10.3 Å². The van der Waals surface area contributed by atoms with Gasteiger partial charge >= 0.3 is 0 Å². The monoisotopic (exact) mass is 276 g/mol. The second-order valence-corrected chi connectivity index (χ2v) is 6.42. The summed E-state index contributed by atoms with van der Waals surface area (Å²) in [5, 5.41) is 1.15. The first-order valence-electron chi connectivity index (χ1n) is 6.89. The molecule has 1 aliphatic heterocycles. The predicted molar refractivity (Wildman–Crippen MR) is 80.9 cm³/mol. The molecular weight excluding hydrogens is 256 g/mol. The summed E-state index contributed by atoms with van der Waals surface area (Å²) >= 11 is 2.06. The average Bonchev–Trinajstić information content (AvgIpc) is 2.89. The van der Waals surface area contributed by atoms with Crippen molar-refractivity contribution < 1.29 is 4.42 Å². The zero-order chi connectivity index (χ0) is 13.1. The zero-order valence-corrected chi connectivity index (χ0v) is 11.8. The lowest BCUT2D eigenvalue weighted by Crippen LogP contribution is -2.30. The molecule has 3 nitrogen and oxygen atoms in total. The Labute approximate surface area is 117 Å². The Morgan fingerprint density at radius 3 is 2.84 bits per heavy atom. The van der Waals surface area contributed by atoms with E-state index in [9.17, 15) is 0 Å². The lowest BCUT2D eigenvalue weighted by atomic mass is 9.93. The van der Waals surface area contributed by atoms with Crippen molar-refractivity contribution in [2.24, 2.45) is 11.8 Å². The topological polar surface area (TPSA) is 51.2 Å². The molecule has 19 heavy (non-hydrogen) atoms. The Balaban J connectivity index is 1.76. The number of nitrogens with two attached hydrogens (primary N) is 1. The number of fused-ring (bicyclic) bond motifs is 1. The molecule has 0 spiro atoms. The van der Waals surface area contributed by atoms with E-state index in [1.165, 1.54) is 24.3 Å². The summed E-state index contributed by atoms with van der Waals surface area (Å²) in [7, 11) is 0. The molecular formula is C15H20N2OS. The summed E-state index contributed by atoms with van der Waals surface area (Å²) < 4.78 is 5.91. The van der Waals surface area contributed by atoms with Crippen LogP contribution in [0.4, 0.5) is 0 Å². The van der Waals surface area contributed by atoms with Crippen LogP contribution in [0.3, 0.4) is 0 Å². The molecule has 1 saturated heterocycles. The minimum atomic E-state index is 0.125. The van der Waals surface area contributed by atoms with Crippen LogP contribution in [0.5, 0.6) is 0 Å². The van der Waals surface area contributed by atoms with Crippen molar-refractivity contribution in [3.8, 4) is 0 Å². The van der Waals surface area contributed by atoms with Crippen LogP contribution in [-0.4, -0.2) is 11.5 Å². The van der Waals surface area contributed by atoms with Gasteiger partial charge in [0.15, 0.2) is 0 Å². The minimum absolute atomic E-state index is 0.125. The van der Waals surface area contributed by atoms with Crippen molar-refractivity contribution in [3.05, 3.63) is 36.1 Å². The summed E-state index contributed by atoms with van der Waals surface area (Å²) in [6, 6.07) is 10.3. The van der Waals surface area contributed by atoms with Crippen LogP contribution >= 0.6 is 11.8 Å². The Morgan fingerprint density at radius 2 is 2.11 bits per heavy atom. The average molecular weight is 276 g/mol. The number of hydrogen-bond donors (Lipinski definition) is 2. The molecule has 0 bridgehead atoms. The molecule has 1 atom stereocenters. The Hall–Kier alpha value is -0.970. The number of rotatable bonds is 4. The van der Waals surface area contributed by atoms with Gasteiger partial charge in [-0.25, -0.2) is 5.43 Å². The third-order valence-electron chi connectivity index (χ3n) is 3.90. The molecule has 3 N–H and O–H groups in total. The van der Waals surface area contributed by atoms with Crippen molar-refractivity contribution >= 4 is 22.7 Å². The second kappa shape index (κ2) is 5.99. The maximum Gasteiger partial charge on any atom is 0.134 e. The van der Waals surface area contributed by atoms with Gasteiger partial charge < -0.3 is 4.42 Å². The standard InChI is InChI=1S/C15H20N2OS/c16-17-13(9-11-5-7-19-8-6-11)15-10-12-3-1-2-4-14(12)18-15/h1-4,10-11,13,17H,5-9,16H2. The number of hydrogen-bond acceptors (Lipinski definition) is 4. The fourth-order valence-electron chi connectivity index (χ4n) is 2.76. The van der Waals surface area contributed by atoms with Crippen LogP contribution in [0.25, 0.3) is 11.0 Å². The first-order valence-corrected chi connectivity index (χ1v) is 8.04. The lowest BCUT2D eigenvalue weighted by molar-refractivity contribution is 0.337. The third-order valence-corrected chi connectivity index (χ3v) is 4.95. The third kappa shape index (κ3) is 2.96. The molecule has 2 aromatic rings. The number of furan rings is 1. The molecule has 0 aliphatic carbocycles. The van der Waals surface area contributed by atoms with Gasteiger partial charge in [0.05, 0.1) is 6.04 Å². The van der Waals surface area contributed by atoms with Crippen LogP contribution < -0.4 is 11.3 Å². The van der Waals surface area contributed by atoms with E-state index in [-0.39, 0.29) is 6.04 Å². The molecule has 0 saturated carbocycles. The van der Waals surface area contributed by atoms with Gasteiger partial charge in [-0.3, -0.25) is 5.84 Å². The van der Waals surface area contributed by atoms with Crippen molar-refractivity contribution in [3.63, 3.8) is 0 Å². The lowest BCUT2D eigenvalue weighted by Gasteiger charge is -2.24. The summed E-state index contributed by atoms with van der Waals surface area (Å²) in [6.07, 6.45) is 3.66. The first-order chi connectivity index (χ1) is 9.36. The summed E-state index contributed by atoms with van der Waals surface area (Å²) in [5.41, 5.74) is 3.87. The van der Waals surface area contributed by atoms with Gasteiger partial charge in [-0.15, -0.1) is 0 Å². The molecule has 2 heterocycles. The number of benzene rings is 1. The quantitative estimate of drug-likeness (QED) is 0.663. The van der Waals surface area contributed by atoms with E-state index in [1.807, 2.05) is 18.2 Å². The van der Waals surface area contributed by atoms with Crippen LogP contribution in [0.2, 0.25) is 0 Å². The van der Waals surface area contributed by atoms with Crippen LogP contribution in [0.15, 0.2) is 34.7 Å². The highest BCUT2D eigenvalue weighted by Gasteiger charge is 2.22. The van der Waals surface area contributed by atoms with E-state index < -0.39 is 0 Å². The number of para-hydroxylation sites is 1. The molecule has 102 valence electrons. The highest BCUT2D eigenvalue weighted by molar-refractivity contribution is 7.99. The summed E-state index contributed by atoms with van der Waals surface area (Å²) in [5.74, 6) is 10.0. The number of thioether (sulfide) groups is 1. The second-order valence-electron chi connectivity index (χ2n) is 5.20. The highest BCUT2D eigenvalue weighted by atomic mass is 32.2. The van der Waals surface area contributed by atoms with Crippen LogP contribution in [-0.2, 0) is 0 Å². The molecule has 4 heteroatoms. The molecule has 0 amide bonds. The Morgan fingerprint density at radius 1 is 1.32 bits per heavy atom. The minimum Gasteiger partial charge on any atom is -0.459 e. The van der Waals surface area contributed by atoms with Crippen molar-refractivity contribution in [1.29, 1.82) is 0 Å². The molecule has 3 rings (SSSR count). The maximum absolute atomic E-state index is 5.91. The maximum atomic E-state index is 5.91. The normalized spacial score (nSPS) is 18.8. The van der Waals surface area contributed by atoms with Gasteiger partial charge in [0.25, 0.3) is 0 Å². The molecule has 1 aliphatic rings. The summed E-state index contributed by atoms with van der Waals surface area (Å²) in [4.78, 5) is 0. The van der Waals surface area contributed by atoms with Crippen molar-refractivity contribution in [2.75, 3.05) is 11.5 Å². The van der Waals surface area contributed by atoms with E-state index >= 15 is 0 Å². The van der Waals surface area contributed by atoms with Gasteiger partial charge in [0, 0.05) is 5.39 Å². The molecule has 1 aromatic heterocycles. The SMILES string of the molecule is NNC(CC1CCSCC1)c1cc2ccccc2o1. The fourth-order valence-corrected chi connectivity index (χ4v) is 3.96. The van der Waals surface area contributed by atoms with Gasteiger partial charge in [0.2, 0.25) is 0 Å². The molecule has 0 radical (unpaired) electrons. The van der Waals surface area contributed by atoms with E-state index in [2.05, 4.69) is 29.3 Å². The number of hydrazine groups is 1. The Bertz CT molecular complexity index is 501. The number of nitrogens with one attached hydrogen (secondary N) is 1. The van der Waals surface area contributed by atoms with Gasteiger partial charge in [-0.05, 0) is 48.8 Å². The smallest absolute Gasteiger partial charge is 0.134 e. The summed E-state index contributed by atoms with van der Waals surface area (Å²) in [6.45, 7) is 0. The predicted octanol–water partition coefficient (Wildman–Crippen LogP) is 3.47. The van der Waals surface area contributed by atoms with E-state index in [0.29, 0.717) is 0 Å². The molecule has 1 unspecified atom stereocenters. The largest absolute Gasteiger partial charge is 0.459 e. The van der Waals surface area contributed by atoms with Gasteiger partial charge in [-0.2, -0.15) is 11.8 Å². The molecule has 1 fully saturated rings. The van der Waals surface area contributed by atoms with Crippen molar-refractivity contribution in [1.82, 2.24) is 5.43 Å². The highest BCUT2D eigenvalue weighted by Crippen LogP contribution is 2.32. The zero-order valence-electron chi connectivity index (χ0n) is 11.0. The van der Waals surface area contributed by atoms with E-state index in [0.717, 1.165) is 29.1 Å². The first kappa shape index (κ1) is 13.0. The van der Waals surface area contributed by atoms with Crippen molar-refractivity contribution in [2.45, 2.75) is 25.3 Å². The fraction of sp³-hybridized carbons (Fsp3) is 0.467.